The summed E-state index contributed by atoms with van der Waals surface area (Å²) in [5.74, 6) is -0.0657. The molecule has 79 heavy (non-hydrogen) atoms. The number of nitrogens with one attached hydrogen (secondary N) is 1. The summed E-state index contributed by atoms with van der Waals surface area (Å²) < 4.78 is 5.50. The van der Waals surface area contributed by atoms with Crippen molar-refractivity contribution in [2.24, 2.45) is 0 Å². The van der Waals surface area contributed by atoms with E-state index >= 15 is 0 Å². The minimum atomic E-state index is -0.850. The van der Waals surface area contributed by atoms with Crippen LogP contribution in [0.1, 0.15) is 380 Å². The van der Waals surface area contributed by atoms with Crippen LogP contribution >= 0.6 is 0 Å². The SMILES string of the molecule is CCCCCCCCC/C=C\CCCCCCCCCC(=O)OCCCCCCCCCCC/C=C\C/C=C\CCCCCCCCCCCC(=O)NC(CO)C(O)/C=C/CCCCCCCCCCCCCCCCCCC. The Balaban J connectivity index is 3.45. The van der Waals surface area contributed by atoms with Crippen molar-refractivity contribution in [3.63, 3.8) is 0 Å². The minimum Gasteiger partial charge on any atom is -0.466 e. The van der Waals surface area contributed by atoms with Gasteiger partial charge in [0.05, 0.1) is 25.4 Å². The van der Waals surface area contributed by atoms with Gasteiger partial charge in [0.2, 0.25) is 5.91 Å². The quantitative estimate of drug-likeness (QED) is 0.0320. The van der Waals surface area contributed by atoms with Crippen LogP contribution in [0.4, 0.5) is 0 Å². The van der Waals surface area contributed by atoms with Crippen molar-refractivity contribution in [3.8, 4) is 0 Å². The molecule has 6 heteroatoms. The van der Waals surface area contributed by atoms with Gasteiger partial charge in [0.25, 0.3) is 0 Å². The first-order chi connectivity index (χ1) is 39.0. The lowest BCUT2D eigenvalue weighted by atomic mass is 10.0. The van der Waals surface area contributed by atoms with Crippen LogP contribution in [0.15, 0.2) is 48.6 Å². The first kappa shape index (κ1) is 76.8. The monoisotopic (exact) mass is 1110 g/mol. The number of ether oxygens (including phenoxy) is 1. The Bertz CT molecular complexity index is 1320. The number of esters is 1. The van der Waals surface area contributed by atoms with E-state index in [0.717, 1.165) is 51.4 Å². The number of carbonyl (C=O) groups is 2. The molecule has 0 spiro atoms. The summed E-state index contributed by atoms with van der Waals surface area (Å²) in [5.41, 5.74) is 0. The predicted octanol–water partition coefficient (Wildman–Crippen LogP) is 22.9. The van der Waals surface area contributed by atoms with Crippen molar-refractivity contribution in [1.29, 1.82) is 0 Å². The van der Waals surface area contributed by atoms with E-state index in [0.29, 0.717) is 19.4 Å². The number of rotatable bonds is 66. The van der Waals surface area contributed by atoms with Crippen molar-refractivity contribution in [2.45, 2.75) is 392 Å². The van der Waals surface area contributed by atoms with Crippen LogP contribution in [-0.4, -0.2) is 47.4 Å². The molecule has 0 heterocycles. The average molecular weight is 1110 g/mol. The molecule has 0 rings (SSSR count). The zero-order valence-electron chi connectivity index (χ0n) is 53.1. The van der Waals surface area contributed by atoms with Crippen LogP contribution in [0.5, 0.6) is 0 Å². The molecule has 3 N–H and O–H groups in total. The van der Waals surface area contributed by atoms with Gasteiger partial charge < -0.3 is 20.3 Å². The third-order valence-electron chi connectivity index (χ3n) is 16.3. The second kappa shape index (κ2) is 68.3. The van der Waals surface area contributed by atoms with Crippen molar-refractivity contribution < 1.29 is 24.5 Å². The van der Waals surface area contributed by atoms with Crippen molar-refractivity contribution >= 4 is 11.9 Å². The van der Waals surface area contributed by atoms with Gasteiger partial charge in [0.15, 0.2) is 0 Å². The normalized spacial score (nSPS) is 12.8. The molecule has 0 bridgehead atoms. The second-order valence-corrected chi connectivity index (χ2v) is 24.2. The summed E-state index contributed by atoms with van der Waals surface area (Å²) in [6, 6.07) is -0.634. The molecule has 0 fully saturated rings. The maximum Gasteiger partial charge on any atom is 0.305 e. The minimum absolute atomic E-state index is 0.00590. The van der Waals surface area contributed by atoms with E-state index in [2.05, 4.69) is 55.6 Å². The fraction of sp³-hybridized carbons (Fsp3) is 0.863. The zero-order chi connectivity index (χ0) is 57.1. The molecule has 464 valence electrons. The molecule has 0 aliphatic rings. The number of hydrogen-bond donors (Lipinski definition) is 3. The molecule has 6 nitrogen and oxygen atoms in total. The van der Waals surface area contributed by atoms with Crippen LogP contribution < -0.4 is 5.32 Å². The van der Waals surface area contributed by atoms with Gasteiger partial charge in [-0.3, -0.25) is 9.59 Å². The number of aliphatic hydroxyl groups is 2. The van der Waals surface area contributed by atoms with E-state index in [-0.39, 0.29) is 18.5 Å². The lowest BCUT2D eigenvalue weighted by Crippen LogP contribution is -2.45. The fourth-order valence-corrected chi connectivity index (χ4v) is 10.9. The Morgan fingerprint density at radius 2 is 0.633 bits per heavy atom. The van der Waals surface area contributed by atoms with Crippen LogP contribution in [0.3, 0.4) is 0 Å². The molecular weight excluding hydrogens is 971 g/mol. The Kier molecular flexibility index (Phi) is 66.4. The molecule has 1 amide bonds. The van der Waals surface area contributed by atoms with E-state index in [9.17, 15) is 19.8 Å². The Morgan fingerprint density at radius 1 is 0.354 bits per heavy atom. The van der Waals surface area contributed by atoms with E-state index in [4.69, 9.17) is 4.74 Å². The summed E-state index contributed by atoms with van der Waals surface area (Å²) in [4.78, 5) is 24.6. The summed E-state index contributed by atoms with van der Waals surface area (Å²) in [5, 5.41) is 23.2. The van der Waals surface area contributed by atoms with E-state index < -0.39 is 12.1 Å². The number of hydrogen-bond acceptors (Lipinski definition) is 5. The molecule has 0 radical (unpaired) electrons. The summed E-state index contributed by atoms with van der Waals surface area (Å²) >= 11 is 0. The van der Waals surface area contributed by atoms with Gasteiger partial charge in [-0.05, 0) is 89.9 Å². The molecule has 0 saturated heterocycles. The lowest BCUT2D eigenvalue weighted by Gasteiger charge is -2.20. The number of allylic oxidation sites excluding steroid dienone is 7. The van der Waals surface area contributed by atoms with Gasteiger partial charge in [-0.1, -0.05) is 326 Å². The Hall–Kier alpha value is -2.18. The lowest BCUT2D eigenvalue weighted by molar-refractivity contribution is -0.143. The predicted molar refractivity (Wildman–Crippen MR) is 347 cm³/mol. The highest BCUT2D eigenvalue weighted by atomic mass is 16.5. The molecule has 2 unspecified atom stereocenters. The Labute approximate surface area is 493 Å². The number of carbonyl (C=O) groups excluding carboxylic acids is 2. The van der Waals surface area contributed by atoms with E-state index in [1.165, 1.54) is 302 Å². The maximum absolute atomic E-state index is 12.5. The van der Waals surface area contributed by atoms with Crippen molar-refractivity contribution in [2.75, 3.05) is 13.2 Å². The number of amides is 1. The highest BCUT2D eigenvalue weighted by molar-refractivity contribution is 5.76. The first-order valence-electron chi connectivity index (χ1n) is 35.4. The smallest absolute Gasteiger partial charge is 0.305 e. The van der Waals surface area contributed by atoms with Gasteiger partial charge >= 0.3 is 5.97 Å². The summed E-state index contributed by atoms with van der Waals surface area (Å²) in [6.45, 7) is 4.92. The molecule has 0 aromatic heterocycles. The maximum atomic E-state index is 12.5. The van der Waals surface area contributed by atoms with Gasteiger partial charge in [-0.15, -0.1) is 0 Å². The average Bonchev–Trinajstić information content (AvgIpc) is 3.45. The molecule has 0 saturated carbocycles. The first-order valence-corrected chi connectivity index (χ1v) is 35.4. The topological polar surface area (TPSA) is 95.9 Å². The highest BCUT2D eigenvalue weighted by Crippen LogP contribution is 2.18. The number of aliphatic hydroxyl groups excluding tert-OH is 2. The van der Waals surface area contributed by atoms with Crippen LogP contribution in [0, 0.1) is 0 Å². The largest absolute Gasteiger partial charge is 0.466 e. The number of unbranched alkanes of at least 4 members (excludes halogenated alkanes) is 49. The van der Waals surface area contributed by atoms with Crippen LogP contribution in [0.2, 0.25) is 0 Å². The van der Waals surface area contributed by atoms with E-state index in [1.54, 1.807) is 6.08 Å². The molecule has 0 aromatic carbocycles. The third-order valence-corrected chi connectivity index (χ3v) is 16.3. The molecule has 2 atom stereocenters. The highest BCUT2D eigenvalue weighted by Gasteiger charge is 2.18. The summed E-state index contributed by atoms with van der Waals surface area (Å²) in [7, 11) is 0. The molecular formula is C73H137NO5. The van der Waals surface area contributed by atoms with Gasteiger partial charge in [-0.2, -0.15) is 0 Å². The van der Waals surface area contributed by atoms with E-state index in [1.807, 2.05) is 6.08 Å². The second-order valence-electron chi connectivity index (χ2n) is 24.2. The molecule has 0 aliphatic carbocycles. The third kappa shape index (κ3) is 64.8. The standard InChI is InChI=1S/C73H137NO5/c1-3-5-7-9-11-13-15-17-19-21-30-33-37-41-45-49-53-57-61-65-71(76)70(69-75)74-72(77)66-62-58-54-50-46-42-38-34-31-28-26-24-23-25-27-29-32-36-40-44-48-52-56-60-64-68-79-73(78)67-63-59-55-51-47-43-39-35-22-20-18-16-14-12-10-8-6-4-2/h20,22,24-27,61,65,70-71,75-76H,3-19,21,23,28-60,62-64,66-69H2,1-2H3,(H,74,77)/b22-20-,26-24-,27-25-,65-61+. The summed E-state index contributed by atoms with van der Waals surface area (Å²) in [6.07, 6.45) is 89.0. The zero-order valence-corrected chi connectivity index (χ0v) is 53.1. The molecule has 0 aliphatic heterocycles. The van der Waals surface area contributed by atoms with Crippen molar-refractivity contribution in [1.82, 2.24) is 5.32 Å². The Morgan fingerprint density at radius 3 is 0.975 bits per heavy atom. The van der Waals surface area contributed by atoms with Crippen LogP contribution in [0.25, 0.3) is 0 Å². The van der Waals surface area contributed by atoms with Crippen LogP contribution in [-0.2, 0) is 14.3 Å². The van der Waals surface area contributed by atoms with Crippen molar-refractivity contribution in [3.05, 3.63) is 48.6 Å². The fourth-order valence-electron chi connectivity index (χ4n) is 10.9. The van der Waals surface area contributed by atoms with Gasteiger partial charge in [-0.25, -0.2) is 0 Å². The van der Waals surface area contributed by atoms with Gasteiger partial charge in [0, 0.05) is 12.8 Å². The molecule has 0 aromatic rings. The van der Waals surface area contributed by atoms with Gasteiger partial charge in [0.1, 0.15) is 0 Å².